The summed E-state index contributed by atoms with van der Waals surface area (Å²) in [6.45, 7) is 1.99. The van der Waals surface area contributed by atoms with Gasteiger partial charge in [-0.1, -0.05) is 32.0 Å². The summed E-state index contributed by atoms with van der Waals surface area (Å²) in [5.74, 6) is -1.32. The smallest absolute Gasteiger partial charge is 0.387 e. The first-order valence-electron chi connectivity index (χ1n) is 10.7. The van der Waals surface area contributed by atoms with Gasteiger partial charge in [-0.3, -0.25) is 14.5 Å². The number of ketones is 1. The number of hydrogen-bond acceptors (Lipinski definition) is 5. The van der Waals surface area contributed by atoms with Crippen LogP contribution in [0.25, 0.3) is 11.3 Å². The van der Waals surface area contributed by atoms with Gasteiger partial charge in [0.2, 0.25) is 0 Å². The quantitative estimate of drug-likeness (QED) is 0.462. The molecule has 0 aliphatic carbocycles. The number of amides is 1. The molecule has 4 rings (SSSR count). The highest BCUT2D eigenvalue weighted by Crippen LogP contribution is 2.45. The summed E-state index contributed by atoms with van der Waals surface area (Å²) in [4.78, 5) is 27.4. The molecule has 0 fully saturated rings. The number of para-hydroxylation sites is 1. The lowest BCUT2D eigenvalue weighted by molar-refractivity contribution is -0.119. The number of Topliss-reactive ketones (excluding diaryl/α,β-unsaturated/α-hetero) is 1. The second-order valence-corrected chi connectivity index (χ2v) is 8.23. The van der Waals surface area contributed by atoms with E-state index in [9.17, 15) is 23.5 Å². The van der Waals surface area contributed by atoms with Gasteiger partial charge in [-0.2, -0.15) is 8.78 Å². The van der Waals surface area contributed by atoms with Gasteiger partial charge in [0.15, 0.2) is 11.5 Å². The Morgan fingerprint density at radius 3 is 2.32 bits per heavy atom. The predicted molar refractivity (Wildman–Crippen MR) is 122 cm³/mol. The number of carbonyl (C=O) groups excluding carboxylic acids is 2. The third-order valence-electron chi connectivity index (χ3n) is 5.60. The van der Waals surface area contributed by atoms with E-state index in [4.69, 9.17) is 4.42 Å². The van der Waals surface area contributed by atoms with Crippen molar-refractivity contribution in [2.24, 2.45) is 5.92 Å². The maximum Gasteiger partial charge on any atom is 0.387 e. The van der Waals surface area contributed by atoms with Crippen LogP contribution in [0.1, 0.15) is 31.2 Å². The number of ether oxygens (including phenoxy) is 1. The molecule has 34 heavy (non-hydrogen) atoms. The Kier molecular flexibility index (Phi) is 6.24. The number of hydrogen-bond donors (Lipinski definition) is 1. The van der Waals surface area contributed by atoms with E-state index >= 15 is 0 Å². The fourth-order valence-corrected chi connectivity index (χ4v) is 4.01. The molecule has 1 atom stereocenters. The number of rotatable bonds is 7. The molecule has 1 unspecified atom stereocenters. The van der Waals surface area contributed by atoms with Crippen molar-refractivity contribution in [3.63, 3.8) is 0 Å². The summed E-state index contributed by atoms with van der Waals surface area (Å²) in [5, 5.41) is 10.7. The highest BCUT2D eigenvalue weighted by atomic mass is 19.3. The van der Waals surface area contributed by atoms with E-state index in [0.29, 0.717) is 11.4 Å². The van der Waals surface area contributed by atoms with Crippen LogP contribution in [0.15, 0.2) is 76.4 Å². The number of anilines is 1. The molecular formula is C26H23F2NO5. The van der Waals surface area contributed by atoms with Gasteiger partial charge < -0.3 is 14.3 Å². The monoisotopic (exact) mass is 467 g/mol. The zero-order valence-corrected chi connectivity index (χ0v) is 18.8. The summed E-state index contributed by atoms with van der Waals surface area (Å²) in [6, 6.07) is 15.2. The van der Waals surface area contributed by atoms with Crippen LogP contribution in [0.3, 0.4) is 0 Å². The molecule has 2 aromatic carbocycles. The zero-order valence-electron chi connectivity index (χ0n) is 18.8. The Morgan fingerprint density at radius 2 is 1.74 bits per heavy atom. The maximum absolute atomic E-state index is 13.2. The van der Waals surface area contributed by atoms with Gasteiger partial charge in [0.05, 0.1) is 11.6 Å². The minimum absolute atomic E-state index is 0.156. The summed E-state index contributed by atoms with van der Waals surface area (Å²) in [7, 11) is 0. The predicted octanol–water partition coefficient (Wildman–Crippen LogP) is 5.98. The number of aryl methyl sites for hydroxylation is 1. The number of halogens is 2. The number of aliphatic hydroxyl groups is 1. The fourth-order valence-electron chi connectivity index (χ4n) is 4.01. The lowest BCUT2D eigenvalue weighted by atomic mass is 9.90. The first kappa shape index (κ1) is 23.2. The van der Waals surface area contributed by atoms with Crippen LogP contribution < -0.4 is 9.64 Å². The van der Waals surface area contributed by atoms with Crippen molar-refractivity contribution >= 4 is 17.4 Å². The second-order valence-electron chi connectivity index (χ2n) is 8.23. The molecule has 8 heteroatoms. The number of carbonyl (C=O) groups is 2. The number of alkyl halides is 2. The summed E-state index contributed by atoms with van der Waals surface area (Å²) >= 11 is 0. The van der Waals surface area contributed by atoms with E-state index in [2.05, 4.69) is 4.74 Å². The molecule has 0 bridgehead atoms. The maximum atomic E-state index is 13.2. The lowest BCUT2D eigenvalue weighted by Gasteiger charge is -2.28. The van der Waals surface area contributed by atoms with Crippen molar-refractivity contribution < 1.29 is 32.6 Å². The molecule has 2 heterocycles. The summed E-state index contributed by atoms with van der Waals surface area (Å²) in [5.41, 5.74) is 1.13. The minimum atomic E-state index is -3.11. The van der Waals surface area contributed by atoms with Gasteiger partial charge in [-0.05, 0) is 49.4 Å². The third kappa shape index (κ3) is 4.19. The van der Waals surface area contributed by atoms with Crippen LogP contribution in [0.4, 0.5) is 14.5 Å². The first-order valence-corrected chi connectivity index (χ1v) is 10.7. The number of furan rings is 1. The largest absolute Gasteiger partial charge is 0.503 e. The lowest BCUT2D eigenvalue weighted by Crippen LogP contribution is -2.31. The molecule has 1 aromatic heterocycles. The van der Waals surface area contributed by atoms with E-state index in [-0.39, 0.29) is 16.9 Å². The van der Waals surface area contributed by atoms with Crippen LogP contribution >= 0.6 is 0 Å². The van der Waals surface area contributed by atoms with Crippen molar-refractivity contribution in [1.82, 2.24) is 0 Å². The van der Waals surface area contributed by atoms with Gasteiger partial charge >= 0.3 is 6.61 Å². The first-order chi connectivity index (χ1) is 16.2. The molecule has 1 N–H and O–H groups in total. The second kappa shape index (κ2) is 9.13. The van der Waals surface area contributed by atoms with E-state index in [1.165, 1.54) is 23.1 Å². The Hall–Kier alpha value is -3.94. The number of benzene rings is 2. The van der Waals surface area contributed by atoms with E-state index in [1.54, 1.807) is 44.2 Å². The van der Waals surface area contributed by atoms with Gasteiger partial charge in [0.1, 0.15) is 17.3 Å². The third-order valence-corrected chi connectivity index (χ3v) is 5.60. The Morgan fingerprint density at radius 1 is 1.06 bits per heavy atom. The van der Waals surface area contributed by atoms with Crippen LogP contribution in [0, 0.1) is 12.8 Å². The average Bonchev–Trinajstić information content (AvgIpc) is 3.34. The molecule has 0 saturated carbocycles. The Bertz CT molecular complexity index is 1260. The van der Waals surface area contributed by atoms with Gasteiger partial charge in [-0.25, -0.2) is 0 Å². The highest BCUT2D eigenvalue weighted by Gasteiger charge is 2.46. The topological polar surface area (TPSA) is 80.0 Å². The van der Waals surface area contributed by atoms with Gasteiger partial charge in [-0.15, -0.1) is 0 Å². The van der Waals surface area contributed by atoms with Crippen molar-refractivity contribution in [3.8, 4) is 17.1 Å². The fraction of sp³-hybridized carbons (Fsp3) is 0.231. The SMILES string of the molecule is Cc1ccc(-c2ccc(N3C(=O)C(O)=C(C(=O)C(C)C)C3c3ccccc3OC(F)F)cc2)o1. The number of nitrogens with zero attached hydrogens (tertiary/aromatic N) is 1. The van der Waals surface area contributed by atoms with Gasteiger partial charge in [0, 0.05) is 22.7 Å². The van der Waals surface area contributed by atoms with Crippen LogP contribution in [0.2, 0.25) is 0 Å². The molecule has 0 radical (unpaired) electrons. The molecular weight excluding hydrogens is 444 g/mol. The summed E-state index contributed by atoms with van der Waals surface area (Å²) < 4.78 is 36.5. The van der Waals surface area contributed by atoms with E-state index in [1.807, 2.05) is 19.1 Å². The Labute approximate surface area is 195 Å². The molecule has 0 saturated heterocycles. The summed E-state index contributed by atoms with van der Waals surface area (Å²) in [6.07, 6.45) is 0. The Balaban J connectivity index is 1.83. The highest BCUT2D eigenvalue weighted by molar-refractivity contribution is 6.17. The molecule has 1 aliphatic heterocycles. The van der Waals surface area contributed by atoms with Crippen molar-refractivity contribution in [1.29, 1.82) is 0 Å². The zero-order chi connectivity index (χ0) is 24.6. The molecule has 176 valence electrons. The van der Waals surface area contributed by atoms with E-state index in [0.717, 1.165) is 11.3 Å². The average molecular weight is 467 g/mol. The van der Waals surface area contributed by atoms with Gasteiger partial charge in [0.25, 0.3) is 5.91 Å². The van der Waals surface area contributed by atoms with Crippen molar-refractivity contribution in [3.05, 3.63) is 83.3 Å². The van der Waals surface area contributed by atoms with E-state index < -0.39 is 36.0 Å². The van der Waals surface area contributed by atoms with Crippen molar-refractivity contribution in [2.45, 2.75) is 33.4 Å². The molecule has 0 spiro atoms. The molecule has 3 aromatic rings. The minimum Gasteiger partial charge on any atom is -0.503 e. The van der Waals surface area contributed by atoms with Crippen LogP contribution in [-0.4, -0.2) is 23.4 Å². The standard InChI is InChI=1S/C26H23F2NO5/c1-14(2)23(30)21-22(18-6-4-5-7-20(18)34-26(27)28)29(25(32)24(21)31)17-11-9-16(10-12-17)19-13-8-15(3)33-19/h4-14,22,26,31H,1-3H3. The van der Waals surface area contributed by atoms with Crippen LogP contribution in [0.5, 0.6) is 5.75 Å². The van der Waals surface area contributed by atoms with Crippen LogP contribution in [-0.2, 0) is 9.59 Å². The molecule has 1 amide bonds. The normalized spacial score (nSPS) is 16.1. The number of aliphatic hydroxyl groups excluding tert-OH is 1. The molecule has 1 aliphatic rings. The van der Waals surface area contributed by atoms with Crippen molar-refractivity contribution in [2.75, 3.05) is 4.90 Å². The molecule has 6 nitrogen and oxygen atoms in total.